The largest absolute Gasteiger partial charge is 0.341 e. The number of hydrogen-bond donors (Lipinski definition) is 0. The third kappa shape index (κ3) is 3.84. The van der Waals surface area contributed by atoms with Gasteiger partial charge in [-0.1, -0.05) is 48.0 Å². The number of nitrogens with zero attached hydrogens (tertiary/aromatic N) is 1. The molecule has 20 heavy (non-hydrogen) atoms. The molecule has 1 amide bonds. The molecule has 0 fully saturated rings. The Labute approximate surface area is 125 Å². The third-order valence-corrected chi connectivity index (χ3v) is 3.62. The molecule has 0 atom stereocenters. The second-order valence-corrected chi connectivity index (χ2v) is 5.42. The number of benzene rings is 2. The van der Waals surface area contributed by atoms with Crippen molar-refractivity contribution in [3.63, 3.8) is 0 Å². The Bertz CT molecular complexity index is 592. The summed E-state index contributed by atoms with van der Waals surface area (Å²) in [6.07, 6.45) is 0.402. The fourth-order valence-electron chi connectivity index (χ4n) is 2.04. The monoisotopic (exact) mass is 287 g/mol. The van der Waals surface area contributed by atoms with E-state index in [2.05, 4.69) is 19.1 Å². The van der Waals surface area contributed by atoms with E-state index in [0.717, 1.165) is 5.56 Å². The lowest BCUT2D eigenvalue weighted by Gasteiger charge is -2.18. The summed E-state index contributed by atoms with van der Waals surface area (Å²) in [7, 11) is 1.84. The second-order valence-electron chi connectivity index (χ2n) is 4.98. The van der Waals surface area contributed by atoms with Crippen LogP contribution in [0.4, 0.5) is 0 Å². The normalized spacial score (nSPS) is 10.3. The van der Waals surface area contributed by atoms with E-state index < -0.39 is 0 Å². The highest BCUT2D eigenvalue weighted by Crippen LogP contribution is 2.13. The first kappa shape index (κ1) is 14.6. The van der Waals surface area contributed by atoms with Crippen molar-refractivity contribution in [3.8, 4) is 0 Å². The molecule has 0 aromatic heterocycles. The van der Waals surface area contributed by atoms with E-state index in [1.807, 2.05) is 43.4 Å². The van der Waals surface area contributed by atoms with Crippen LogP contribution in [0.15, 0.2) is 48.5 Å². The van der Waals surface area contributed by atoms with Gasteiger partial charge in [0.05, 0.1) is 6.42 Å². The Morgan fingerprint density at radius 3 is 2.40 bits per heavy atom. The van der Waals surface area contributed by atoms with Gasteiger partial charge in [0, 0.05) is 18.6 Å². The molecule has 0 radical (unpaired) electrons. The van der Waals surface area contributed by atoms with Gasteiger partial charge in [0.25, 0.3) is 0 Å². The minimum absolute atomic E-state index is 0.107. The predicted molar refractivity (Wildman–Crippen MR) is 82.8 cm³/mol. The number of carbonyl (C=O) groups is 1. The maximum Gasteiger partial charge on any atom is 0.227 e. The Morgan fingerprint density at radius 1 is 1.10 bits per heavy atom. The molecule has 0 aliphatic heterocycles. The Kier molecular flexibility index (Phi) is 4.80. The van der Waals surface area contributed by atoms with E-state index in [-0.39, 0.29) is 5.91 Å². The van der Waals surface area contributed by atoms with Crippen molar-refractivity contribution >= 4 is 17.5 Å². The van der Waals surface area contributed by atoms with Gasteiger partial charge in [-0.2, -0.15) is 0 Å². The highest BCUT2D eigenvalue weighted by molar-refractivity contribution is 6.30. The maximum atomic E-state index is 12.2. The van der Waals surface area contributed by atoms with Crippen LogP contribution in [-0.4, -0.2) is 17.9 Å². The average Bonchev–Trinajstić information content (AvgIpc) is 2.44. The fourth-order valence-corrected chi connectivity index (χ4v) is 2.17. The summed E-state index contributed by atoms with van der Waals surface area (Å²) in [6, 6.07) is 15.5. The van der Waals surface area contributed by atoms with Crippen LogP contribution in [0.3, 0.4) is 0 Å². The highest BCUT2D eigenvalue weighted by atomic mass is 35.5. The molecule has 0 heterocycles. The lowest BCUT2D eigenvalue weighted by Crippen LogP contribution is -2.28. The molecule has 2 aromatic rings. The molecule has 0 N–H and O–H groups in total. The summed E-state index contributed by atoms with van der Waals surface area (Å²) in [5.41, 5.74) is 3.37. The van der Waals surface area contributed by atoms with Crippen molar-refractivity contribution in [3.05, 3.63) is 70.2 Å². The molecule has 2 rings (SSSR count). The molecule has 104 valence electrons. The summed E-state index contributed by atoms with van der Waals surface area (Å²) >= 11 is 5.84. The number of amides is 1. The predicted octanol–water partition coefficient (Wildman–Crippen LogP) is 3.85. The number of halogens is 1. The number of rotatable bonds is 4. The van der Waals surface area contributed by atoms with Gasteiger partial charge in [-0.05, 0) is 35.7 Å². The van der Waals surface area contributed by atoms with Crippen LogP contribution in [0.5, 0.6) is 0 Å². The molecule has 0 aliphatic rings. The van der Waals surface area contributed by atoms with Gasteiger partial charge in [0.2, 0.25) is 5.91 Å². The Hall–Kier alpha value is -1.80. The highest BCUT2D eigenvalue weighted by Gasteiger charge is 2.11. The molecule has 0 aliphatic carbocycles. The maximum absolute atomic E-state index is 12.2. The third-order valence-electron chi connectivity index (χ3n) is 3.36. The van der Waals surface area contributed by atoms with Crippen LogP contribution >= 0.6 is 11.6 Å². The van der Waals surface area contributed by atoms with Crippen molar-refractivity contribution in [1.29, 1.82) is 0 Å². The van der Waals surface area contributed by atoms with Crippen molar-refractivity contribution in [1.82, 2.24) is 4.90 Å². The minimum Gasteiger partial charge on any atom is -0.341 e. The van der Waals surface area contributed by atoms with E-state index in [9.17, 15) is 4.79 Å². The van der Waals surface area contributed by atoms with Gasteiger partial charge >= 0.3 is 0 Å². The standard InChI is InChI=1S/C17H18ClNO/c1-13-5-3-4-6-15(13)12-19(2)17(20)11-14-7-9-16(18)10-8-14/h3-10H,11-12H2,1-2H3. The number of aryl methyl sites for hydroxylation is 1. The van der Waals surface area contributed by atoms with Gasteiger partial charge in [-0.15, -0.1) is 0 Å². The molecule has 3 heteroatoms. The van der Waals surface area contributed by atoms with Crippen LogP contribution in [0.2, 0.25) is 5.02 Å². The molecule has 2 aromatic carbocycles. The summed E-state index contributed by atoms with van der Waals surface area (Å²) in [4.78, 5) is 14.0. The molecular formula is C17H18ClNO. The van der Waals surface area contributed by atoms with Gasteiger partial charge in [-0.3, -0.25) is 4.79 Å². The van der Waals surface area contributed by atoms with Gasteiger partial charge in [0.15, 0.2) is 0 Å². The molecule has 0 bridgehead atoms. The molecule has 0 saturated heterocycles. The van der Waals surface area contributed by atoms with Gasteiger partial charge in [-0.25, -0.2) is 0 Å². The topological polar surface area (TPSA) is 20.3 Å². The summed E-state index contributed by atoms with van der Waals surface area (Å²) in [5.74, 6) is 0.107. The smallest absolute Gasteiger partial charge is 0.227 e. The average molecular weight is 288 g/mol. The minimum atomic E-state index is 0.107. The number of carbonyl (C=O) groups excluding carboxylic acids is 1. The van der Waals surface area contributed by atoms with Crippen molar-refractivity contribution in [2.24, 2.45) is 0 Å². The zero-order valence-corrected chi connectivity index (χ0v) is 12.5. The molecule has 0 saturated carbocycles. The quantitative estimate of drug-likeness (QED) is 0.836. The van der Waals surface area contributed by atoms with Crippen LogP contribution < -0.4 is 0 Å². The molecule has 2 nitrogen and oxygen atoms in total. The lowest BCUT2D eigenvalue weighted by molar-refractivity contribution is -0.129. The zero-order chi connectivity index (χ0) is 14.5. The first-order chi connectivity index (χ1) is 9.56. The van der Waals surface area contributed by atoms with Crippen LogP contribution in [0.25, 0.3) is 0 Å². The fraction of sp³-hybridized carbons (Fsp3) is 0.235. The van der Waals surface area contributed by atoms with Crippen molar-refractivity contribution in [2.75, 3.05) is 7.05 Å². The van der Waals surface area contributed by atoms with E-state index in [1.54, 1.807) is 4.90 Å². The lowest BCUT2D eigenvalue weighted by atomic mass is 10.1. The number of likely N-dealkylation sites (N-methyl/N-ethyl adjacent to an activating group) is 1. The van der Waals surface area contributed by atoms with E-state index >= 15 is 0 Å². The first-order valence-corrected chi connectivity index (χ1v) is 6.97. The Balaban J connectivity index is 1.99. The van der Waals surface area contributed by atoms with E-state index in [1.165, 1.54) is 11.1 Å². The second kappa shape index (κ2) is 6.58. The zero-order valence-electron chi connectivity index (χ0n) is 11.8. The number of hydrogen-bond acceptors (Lipinski definition) is 1. The van der Waals surface area contributed by atoms with Crippen molar-refractivity contribution < 1.29 is 4.79 Å². The van der Waals surface area contributed by atoms with Crippen LogP contribution in [-0.2, 0) is 17.8 Å². The molecule has 0 spiro atoms. The molecular weight excluding hydrogens is 270 g/mol. The van der Waals surface area contributed by atoms with Gasteiger partial charge < -0.3 is 4.90 Å². The van der Waals surface area contributed by atoms with E-state index in [4.69, 9.17) is 11.6 Å². The molecule has 0 unspecified atom stereocenters. The van der Waals surface area contributed by atoms with Gasteiger partial charge in [0.1, 0.15) is 0 Å². The van der Waals surface area contributed by atoms with E-state index in [0.29, 0.717) is 18.0 Å². The SMILES string of the molecule is Cc1ccccc1CN(C)C(=O)Cc1ccc(Cl)cc1. The van der Waals surface area contributed by atoms with Crippen molar-refractivity contribution in [2.45, 2.75) is 19.9 Å². The summed E-state index contributed by atoms with van der Waals surface area (Å²) in [6.45, 7) is 2.70. The summed E-state index contributed by atoms with van der Waals surface area (Å²) < 4.78 is 0. The first-order valence-electron chi connectivity index (χ1n) is 6.59. The Morgan fingerprint density at radius 2 is 1.75 bits per heavy atom. The van der Waals surface area contributed by atoms with Crippen LogP contribution in [0.1, 0.15) is 16.7 Å². The summed E-state index contributed by atoms with van der Waals surface area (Å²) in [5, 5.41) is 0.689. The van der Waals surface area contributed by atoms with Crippen LogP contribution in [0, 0.1) is 6.92 Å².